The standard InChI is InChI=1S/C22H29ClO6.Na/c23-15-6-5-7-17(12-15)29-14-16(24)10-11-19-18(20(25)13-21(19)26)8-3-1-2-4-9-22(27)28;/h1,3,5-7,10-12,16,18-21,24-26H,2,4,8-9,13-14H2,(H,27,28);/b3-1-,11-10+;/t16-,18-,19-,20+,21-;/m0./s1. The summed E-state index contributed by atoms with van der Waals surface area (Å²) in [5.41, 5.74) is 0. The average molecular weight is 448 g/mol. The first-order chi connectivity index (χ1) is 13.9. The van der Waals surface area contributed by atoms with E-state index >= 15 is 0 Å². The Bertz CT molecular complexity index is 711. The summed E-state index contributed by atoms with van der Waals surface area (Å²) >= 11 is 5.90. The Morgan fingerprint density at radius 1 is 1.27 bits per heavy atom. The van der Waals surface area contributed by atoms with Gasteiger partial charge in [-0.25, -0.2) is 0 Å². The number of aliphatic carboxylic acids is 1. The van der Waals surface area contributed by atoms with Crippen LogP contribution in [0.2, 0.25) is 5.02 Å². The molecule has 5 atom stereocenters. The fourth-order valence-corrected chi connectivity index (χ4v) is 3.68. The van der Waals surface area contributed by atoms with Gasteiger partial charge < -0.3 is 25.2 Å². The second-order valence-corrected chi connectivity index (χ2v) is 7.76. The molecule has 0 heterocycles. The van der Waals surface area contributed by atoms with E-state index in [9.17, 15) is 20.1 Å². The third-order valence-corrected chi connectivity index (χ3v) is 5.26. The molecule has 30 heavy (non-hydrogen) atoms. The molecule has 0 aromatic heterocycles. The molecule has 0 aliphatic heterocycles. The van der Waals surface area contributed by atoms with Gasteiger partial charge >= 0.3 is 5.97 Å². The van der Waals surface area contributed by atoms with E-state index in [0.717, 1.165) is 0 Å². The molecule has 6 nitrogen and oxygen atoms in total. The maximum atomic E-state index is 10.5. The van der Waals surface area contributed by atoms with Crippen LogP contribution in [0.15, 0.2) is 48.6 Å². The number of hydrogen-bond acceptors (Lipinski definition) is 5. The van der Waals surface area contributed by atoms with Crippen LogP contribution in [0.4, 0.5) is 0 Å². The number of aliphatic hydroxyl groups is 3. The number of rotatable bonds is 11. The van der Waals surface area contributed by atoms with Crippen LogP contribution in [0, 0.1) is 11.8 Å². The fraction of sp³-hybridized carbons (Fsp3) is 0.500. The Morgan fingerprint density at radius 2 is 2.03 bits per heavy atom. The summed E-state index contributed by atoms with van der Waals surface area (Å²) in [5.74, 6) is -0.671. The van der Waals surface area contributed by atoms with E-state index in [1.54, 1.807) is 36.4 Å². The molecule has 1 aliphatic rings. The maximum absolute atomic E-state index is 10.5. The topological polar surface area (TPSA) is 107 Å². The largest absolute Gasteiger partial charge is 0.491 e. The van der Waals surface area contributed by atoms with Crippen molar-refractivity contribution in [3.05, 3.63) is 53.6 Å². The van der Waals surface area contributed by atoms with Crippen LogP contribution in [0.3, 0.4) is 0 Å². The summed E-state index contributed by atoms with van der Waals surface area (Å²) < 4.78 is 5.51. The molecule has 161 valence electrons. The van der Waals surface area contributed by atoms with E-state index in [1.807, 2.05) is 12.2 Å². The first-order valence-corrected chi connectivity index (χ1v) is 10.2. The number of carboxylic acid groups (broad SMARTS) is 1. The van der Waals surface area contributed by atoms with Gasteiger partial charge in [-0.15, -0.1) is 0 Å². The molecule has 0 unspecified atom stereocenters. The van der Waals surface area contributed by atoms with Crippen molar-refractivity contribution in [2.24, 2.45) is 11.8 Å². The van der Waals surface area contributed by atoms with Crippen LogP contribution in [-0.4, -0.2) is 80.9 Å². The molecule has 2 rings (SSSR count). The van der Waals surface area contributed by atoms with Gasteiger partial charge in [0.05, 0.1) is 12.2 Å². The minimum absolute atomic E-state index is 0. The van der Waals surface area contributed by atoms with Gasteiger partial charge in [0.25, 0.3) is 0 Å². The molecule has 1 aliphatic carbocycles. The van der Waals surface area contributed by atoms with Crippen LogP contribution in [0.5, 0.6) is 5.75 Å². The van der Waals surface area contributed by atoms with Crippen molar-refractivity contribution in [1.29, 1.82) is 0 Å². The second kappa shape index (κ2) is 14.2. The SMILES string of the molecule is O=C(O)CCC/C=C\C[C@H]1[C@H](/C=C/[C@H](O)COc2cccc(Cl)c2)[C@@H](O)C[C@H]1O.[Na]. The number of carboxylic acids is 1. The molecule has 0 saturated heterocycles. The van der Waals surface area contributed by atoms with E-state index in [-0.39, 0.29) is 54.4 Å². The molecular weight excluding hydrogens is 419 g/mol. The van der Waals surface area contributed by atoms with Gasteiger partial charge in [-0.3, -0.25) is 4.79 Å². The zero-order valence-electron chi connectivity index (χ0n) is 17.2. The van der Waals surface area contributed by atoms with E-state index in [2.05, 4.69) is 0 Å². The van der Waals surface area contributed by atoms with Gasteiger partial charge in [0.15, 0.2) is 0 Å². The maximum Gasteiger partial charge on any atom is 0.303 e. The number of carbonyl (C=O) groups is 1. The quantitative estimate of drug-likeness (QED) is 0.236. The minimum atomic E-state index is -0.855. The van der Waals surface area contributed by atoms with Crippen molar-refractivity contribution in [2.45, 2.75) is 50.4 Å². The average Bonchev–Trinajstić information content (AvgIpc) is 2.93. The van der Waals surface area contributed by atoms with Crippen molar-refractivity contribution in [2.75, 3.05) is 6.61 Å². The minimum Gasteiger partial charge on any atom is -0.491 e. The Hall–Kier alpha value is -0.860. The van der Waals surface area contributed by atoms with Crippen molar-refractivity contribution >= 4 is 47.1 Å². The first-order valence-electron chi connectivity index (χ1n) is 9.84. The summed E-state index contributed by atoms with van der Waals surface area (Å²) in [6.45, 7) is 0.0519. The number of halogens is 1. The van der Waals surface area contributed by atoms with Crippen LogP contribution >= 0.6 is 11.6 Å². The van der Waals surface area contributed by atoms with Gasteiger partial charge in [-0.05, 0) is 43.4 Å². The number of unbranched alkanes of at least 4 members (excludes halogenated alkanes) is 1. The molecule has 1 aromatic rings. The Kier molecular flexibility index (Phi) is 12.9. The Morgan fingerprint density at radius 3 is 2.73 bits per heavy atom. The molecule has 1 fully saturated rings. The number of hydrogen-bond donors (Lipinski definition) is 4. The second-order valence-electron chi connectivity index (χ2n) is 7.33. The monoisotopic (exact) mass is 447 g/mol. The van der Waals surface area contributed by atoms with Gasteiger partial charge in [-0.1, -0.05) is 42.0 Å². The van der Waals surface area contributed by atoms with E-state index in [1.165, 1.54) is 0 Å². The van der Waals surface area contributed by atoms with Gasteiger partial charge in [0.1, 0.15) is 18.5 Å². The summed E-state index contributed by atoms with van der Waals surface area (Å²) in [5, 5.41) is 39.8. The first kappa shape index (κ1) is 27.2. The molecule has 4 N–H and O–H groups in total. The van der Waals surface area contributed by atoms with E-state index in [4.69, 9.17) is 21.4 Å². The zero-order valence-corrected chi connectivity index (χ0v) is 20.0. The van der Waals surface area contributed by atoms with Gasteiger partial charge in [0.2, 0.25) is 0 Å². The predicted octanol–water partition coefficient (Wildman–Crippen LogP) is 2.81. The normalized spacial score (nSPS) is 24.8. The van der Waals surface area contributed by atoms with Gasteiger partial charge in [-0.2, -0.15) is 0 Å². The molecule has 1 saturated carbocycles. The fourth-order valence-electron chi connectivity index (χ4n) is 3.50. The molecule has 0 bridgehead atoms. The van der Waals surface area contributed by atoms with Crippen LogP contribution in [-0.2, 0) is 4.79 Å². The van der Waals surface area contributed by atoms with E-state index < -0.39 is 24.3 Å². The summed E-state index contributed by atoms with van der Waals surface area (Å²) in [6, 6.07) is 6.90. The summed E-state index contributed by atoms with van der Waals surface area (Å²) in [4.78, 5) is 10.5. The number of allylic oxidation sites excluding steroid dienone is 2. The van der Waals surface area contributed by atoms with Crippen molar-refractivity contribution < 1.29 is 30.0 Å². The molecule has 8 heteroatoms. The molecule has 0 spiro atoms. The van der Waals surface area contributed by atoms with Crippen molar-refractivity contribution in [3.8, 4) is 5.75 Å². The molecular formula is C22H29ClNaO6. The van der Waals surface area contributed by atoms with Crippen LogP contribution in [0.1, 0.15) is 32.1 Å². The van der Waals surface area contributed by atoms with E-state index in [0.29, 0.717) is 36.5 Å². The number of benzene rings is 1. The molecule has 1 radical (unpaired) electrons. The number of aliphatic hydroxyl groups excluding tert-OH is 3. The third kappa shape index (κ3) is 9.52. The van der Waals surface area contributed by atoms with Crippen LogP contribution in [0.25, 0.3) is 0 Å². The van der Waals surface area contributed by atoms with Gasteiger partial charge in [0, 0.05) is 53.3 Å². The van der Waals surface area contributed by atoms with Crippen molar-refractivity contribution in [3.63, 3.8) is 0 Å². The number of ether oxygens (including phenoxy) is 1. The predicted molar refractivity (Wildman–Crippen MR) is 117 cm³/mol. The smallest absolute Gasteiger partial charge is 0.303 e. The zero-order chi connectivity index (χ0) is 21.2. The Balaban J connectivity index is 0.00000450. The molecule has 0 amide bonds. The Labute approximate surface area is 204 Å². The summed E-state index contributed by atoms with van der Waals surface area (Å²) in [6.07, 6.45) is 7.26. The third-order valence-electron chi connectivity index (χ3n) is 5.02. The molecule has 1 aromatic carbocycles. The van der Waals surface area contributed by atoms with Crippen molar-refractivity contribution in [1.82, 2.24) is 0 Å². The summed E-state index contributed by atoms with van der Waals surface area (Å²) in [7, 11) is 0. The van der Waals surface area contributed by atoms with Crippen LogP contribution < -0.4 is 4.74 Å².